The monoisotopic (exact) mass is 343 g/mol. The Morgan fingerprint density at radius 3 is 2.80 bits per heavy atom. The van der Waals surface area contributed by atoms with Crippen LogP contribution >= 0.6 is 0 Å². The minimum Gasteiger partial charge on any atom is -0.464 e. The zero-order valence-corrected chi connectivity index (χ0v) is 13.3. The van der Waals surface area contributed by atoms with Gasteiger partial charge in [-0.1, -0.05) is 6.07 Å². The van der Waals surface area contributed by atoms with E-state index in [1.807, 2.05) is 11.0 Å². The molecule has 0 bridgehead atoms. The Morgan fingerprint density at radius 1 is 1.12 bits per heavy atom. The average molecular weight is 343 g/mol. The second-order valence-corrected chi connectivity index (χ2v) is 5.95. The van der Waals surface area contributed by atoms with Gasteiger partial charge in [-0.2, -0.15) is 0 Å². The van der Waals surface area contributed by atoms with Gasteiger partial charge in [-0.05, 0) is 29.8 Å². The molecule has 5 nitrogen and oxygen atoms in total. The van der Waals surface area contributed by atoms with Gasteiger partial charge in [-0.3, -0.25) is 4.79 Å². The lowest BCUT2D eigenvalue weighted by Gasteiger charge is -2.35. The van der Waals surface area contributed by atoms with Gasteiger partial charge in [0.05, 0.1) is 18.2 Å². The number of furan rings is 1. The van der Waals surface area contributed by atoms with Crippen molar-refractivity contribution in [3.8, 4) is 0 Å². The van der Waals surface area contributed by atoms with E-state index in [1.165, 1.54) is 6.07 Å². The first kappa shape index (κ1) is 15.6. The van der Waals surface area contributed by atoms with E-state index in [4.69, 9.17) is 4.42 Å². The van der Waals surface area contributed by atoms with Crippen molar-refractivity contribution in [2.45, 2.75) is 6.54 Å². The van der Waals surface area contributed by atoms with Crippen LogP contribution in [0.4, 0.5) is 14.6 Å². The summed E-state index contributed by atoms with van der Waals surface area (Å²) in [5.41, 5.74) is 1.29. The van der Waals surface area contributed by atoms with E-state index in [0.29, 0.717) is 24.5 Å². The minimum atomic E-state index is -0.903. The van der Waals surface area contributed by atoms with Gasteiger partial charge in [0.2, 0.25) is 5.91 Å². The second-order valence-electron chi connectivity index (χ2n) is 5.95. The molecule has 1 aliphatic rings. The van der Waals surface area contributed by atoms with E-state index >= 15 is 0 Å². The molecule has 1 saturated heterocycles. The van der Waals surface area contributed by atoms with Crippen molar-refractivity contribution in [3.05, 3.63) is 60.0 Å². The van der Waals surface area contributed by atoms with Gasteiger partial charge in [0, 0.05) is 25.8 Å². The van der Waals surface area contributed by atoms with E-state index in [1.54, 1.807) is 23.4 Å². The molecule has 4 rings (SSSR count). The maximum atomic E-state index is 13.3. The Bertz CT molecular complexity index is 941. The number of nitrogens with zero attached hydrogens (tertiary/aromatic N) is 3. The SMILES string of the molecule is O=C1CN(c2nccc3occc23)CCN1Cc1ccc(F)c(F)c1. The van der Waals surface area contributed by atoms with E-state index in [-0.39, 0.29) is 19.0 Å². The smallest absolute Gasteiger partial charge is 0.242 e. The van der Waals surface area contributed by atoms with Crippen molar-refractivity contribution in [1.82, 2.24) is 9.88 Å². The highest BCUT2D eigenvalue weighted by Gasteiger charge is 2.26. The average Bonchev–Trinajstić information content (AvgIpc) is 3.08. The largest absolute Gasteiger partial charge is 0.464 e. The summed E-state index contributed by atoms with van der Waals surface area (Å²) in [6.07, 6.45) is 3.25. The van der Waals surface area contributed by atoms with E-state index in [9.17, 15) is 13.6 Å². The number of carbonyl (C=O) groups excluding carboxylic acids is 1. The van der Waals surface area contributed by atoms with Gasteiger partial charge in [0.1, 0.15) is 11.4 Å². The van der Waals surface area contributed by atoms with Gasteiger partial charge >= 0.3 is 0 Å². The lowest BCUT2D eigenvalue weighted by molar-refractivity contribution is -0.131. The third-order valence-electron chi connectivity index (χ3n) is 4.33. The summed E-state index contributed by atoms with van der Waals surface area (Å²) in [7, 11) is 0. The van der Waals surface area contributed by atoms with Crippen molar-refractivity contribution in [3.63, 3.8) is 0 Å². The van der Waals surface area contributed by atoms with Crippen LogP contribution in [-0.4, -0.2) is 35.4 Å². The quantitative estimate of drug-likeness (QED) is 0.734. The maximum Gasteiger partial charge on any atom is 0.242 e. The molecule has 0 saturated carbocycles. The van der Waals surface area contributed by atoms with E-state index < -0.39 is 11.6 Å². The number of halogens is 2. The highest BCUT2D eigenvalue weighted by atomic mass is 19.2. The first-order chi connectivity index (χ1) is 12.1. The predicted molar refractivity (Wildman–Crippen MR) is 88.0 cm³/mol. The first-order valence-corrected chi connectivity index (χ1v) is 7.91. The third-order valence-corrected chi connectivity index (χ3v) is 4.33. The van der Waals surface area contributed by atoms with Crippen molar-refractivity contribution >= 4 is 22.7 Å². The van der Waals surface area contributed by atoms with E-state index in [2.05, 4.69) is 4.98 Å². The van der Waals surface area contributed by atoms with Gasteiger partial charge in [0.25, 0.3) is 0 Å². The van der Waals surface area contributed by atoms with Gasteiger partial charge in [-0.25, -0.2) is 13.8 Å². The summed E-state index contributed by atoms with van der Waals surface area (Å²) >= 11 is 0. The first-order valence-electron chi connectivity index (χ1n) is 7.91. The number of rotatable bonds is 3. The molecule has 1 amide bonds. The Labute approximate surface area is 142 Å². The summed E-state index contributed by atoms with van der Waals surface area (Å²) in [4.78, 5) is 20.4. The van der Waals surface area contributed by atoms with Crippen LogP contribution in [0.5, 0.6) is 0 Å². The fraction of sp³-hybridized carbons (Fsp3) is 0.222. The number of hydrogen-bond donors (Lipinski definition) is 0. The number of carbonyl (C=O) groups is 1. The Morgan fingerprint density at radius 2 is 2.00 bits per heavy atom. The predicted octanol–water partition coefficient (Wildman–Crippen LogP) is 2.95. The Kier molecular flexibility index (Phi) is 3.83. The number of hydrogen-bond acceptors (Lipinski definition) is 4. The highest BCUT2D eigenvalue weighted by molar-refractivity contribution is 5.91. The van der Waals surface area contributed by atoms with Crippen LogP contribution in [0.2, 0.25) is 0 Å². The fourth-order valence-corrected chi connectivity index (χ4v) is 3.05. The topological polar surface area (TPSA) is 49.6 Å². The van der Waals surface area contributed by atoms with Crippen LogP contribution in [0, 0.1) is 11.6 Å². The molecular formula is C18H15F2N3O2. The van der Waals surface area contributed by atoms with Gasteiger partial charge in [0.15, 0.2) is 11.6 Å². The molecule has 1 aliphatic heterocycles. The normalized spacial score (nSPS) is 15.2. The molecule has 7 heteroatoms. The zero-order valence-electron chi connectivity index (χ0n) is 13.3. The van der Waals surface area contributed by atoms with Crippen molar-refractivity contribution in [2.75, 3.05) is 24.5 Å². The molecule has 0 N–H and O–H groups in total. The van der Waals surface area contributed by atoms with Crippen molar-refractivity contribution < 1.29 is 18.0 Å². The highest BCUT2D eigenvalue weighted by Crippen LogP contribution is 2.26. The molecule has 2 aromatic heterocycles. The molecule has 1 aromatic carbocycles. The molecule has 0 radical (unpaired) electrons. The number of fused-ring (bicyclic) bond motifs is 1. The number of amides is 1. The molecule has 0 aliphatic carbocycles. The summed E-state index contributed by atoms with van der Waals surface area (Å²) in [5, 5.41) is 0.865. The zero-order chi connectivity index (χ0) is 17.4. The molecule has 0 atom stereocenters. The lowest BCUT2D eigenvalue weighted by Crippen LogP contribution is -2.50. The molecule has 3 heterocycles. The second kappa shape index (κ2) is 6.16. The Hall–Kier alpha value is -2.96. The summed E-state index contributed by atoms with van der Waals surface area (Å²) in [6, 6.07) is 7.30. The molecular weight excluding hydrogens is 328 g/mol. The number of aromatic nitrogens is 1. The minimum absolute atomic E-state index is 0.0849. The summed E-state index contributed by atoms with van der Waals surface area (Å²) < 4.78 is 31.7. The maximum absolute atomic E-state index is 13.3. The lowest BCUT2D eigenvalue weighted by atomic mass is 10.1. The Balaban J connectivity index is 1.49. The molecule has 128 valence electrons. The van der Waals surface area contributed by atoms with Crippen LogP contribution in [0.25, 0.3) is 11.0 Å². The van der Waals surface area contributed by atoms with Crippen LogP contribution in [-0.2, 0) is 11.3 Å². The number of pyridine rings is 1. The van der Waals surface area contributed by atoms with Crippen molar-refractivity contribution in [1.29, 1.82) is 0 Å². The number of piperazine rings is 1. The molecule has 3 aromatic rings. The molecule has 0 unspecified atom stereocenters. The van der Waals surface area contributed by atoms with Gasteiger partial charge < -0.3 is 14.2 Å². The van der Waals surface area contributed by atoms with Crippen LogP contribution in [0.3, 0.4) is 0 Å². The number of anilines is 1. The molecule has 25 heavy (non-hydrogen) atoms. The van der Waals surface area contributed by atoms with E-state index in [0.717, 1.165) is 23.1 Å². The third kappa shape index (κ3) is 2.93. The number of benzene rings is 1. The molecule has 1 fully saturated rings. The van der Waals surface area contributed by atoms with Gasteiger partial charge in [-0.15, -0.1) is 0 Å². The standard InChI is InChI=1S/C18H15F2N3O2/c19-14-2-1-12(9-15(14)20)10-22-6-7-23(11-17(22)24)18-13-4-8-25-16(13)3-5-21-18/h1-5,8-9H,6-7,10-11H2. The van der Waals surface area contributed by atoms with Crippen LogP contribution in [0.15, 0.2) is 47.2 Å². The fourth-order valence-electron chi connectivity index (χ4n) is 3.05. The molecule has 0 spiro atoms. The van der Waals surface area contributed by atoms with Crippen LogP contribution < -0.4 is 4.90 Å². The summed E-state index contributed by atoms with van der Waals surface area (Å²) in [6.45, 7) is 1.52. The van der Waals surface area contributed by atoms with Crippen LogP contribution in [0.1, 0.15) is 5.56 Å². The van der Waals surface area contributed by atoms with Crippen molar-refractivity contribution in [2.24, 2.45) is 0 Å². The summed E-state index contributed by atoms with van der Waals surface area (Å²) in [5.74, 6) is -1.16.